The lowest BCUT2D eigenvalue weighted by atomic mass is 10.3. The third-order valence-corrected chi connectivity index (χ3v) is 6.01. The fourth-order valence-electron chi connectivity index (χ4n) is 2.76. The molecular weight excluding hydrogens is 395 g/mol. The van der Waals surface area contributed by atoms with E-state index in [1.54, 1.807) is 40.9 Å². The molecule has 0 aliphatic carbocycles. The number of benzene rings is 1. The lowest BCUT2D eigenvalue weighted by molar-refractivity contribution is -0.114. The van der Waals surface area contributed by atoms with Gasteiger partial charge >= 0.3 is 0 Å². The zero-order chi connectivity index (χ0) is 19.3. The summed E-state index contributed by atoms with van der Waals surface area (Å²) in [7, 11) is 0. The molecular formula is C20H17FN4OS2. The molecule has 0 aliphatic rings. The van der Waals surface area contributed by atoms with Crippen molar-refractivity contribution in [2.24, 2.45) is 0 Å². The van der Waals surface area contributed by atoms with Gasteiger partial charge in [-0.3, -0.25) is 9.69 Å². The van der Waals surface area contributed by atoms with Crippen molar-refractivity contribution < 1.29 is 9.18 Å². The Kier molecular flexibility index (Phi) is 5.59. The van der Waals surface area contributed by atoms with E-state index < -0.39 is 0 Å². The number of thiophene rings is 1. The quantitative estimate of drug-likeness (QED) is 0.409. The Morgan fingerprint density at radius 1 is 1.32 bits per heavy atom. The van der Waals surface area contributed by atoms with Crippen LogP contribution in [-0.2, 0) is 11.3 Å². The molecule has 0 unspecified atom stereocenters. The standard InChI is InChI=1S/C20H17FN4OS2/c21-15-4-6-17-18(13-15)28-20(23-17)25(10-2-9-24-11-8-22-14-24)19(26)7-5-16-3-1-12-27-16/h1,3-8,11-14H,2,9-10H2/b7-5+. The molecule has 0 atom stereocenters. The minimum Gasteiger partial charge on any atom is -0.337 e. The third kappa shape index (κ3) is 4.35. The van der Waals surface area contributed by atoms with Crippen LogP contribution < -0.4 is 4.90 Å². The molecule has 3 heterocycles. The van der Waals surface area contributed by atoms with Crippen LogP contribution in [0.4, 0.5) is 9.52 Å². The number of imidazole rings is 1. The Bertz CT molecular complexity index is 1090. The van der Waals surface area contributed by atoms with E-state index in [2.05, 4.69) is 9.97 Å². The largest absolute Gasteiger partial charge is 0.337 e. The number of halogens is 1. The van der Waals surface area contributed by atoms with Crippen molar-refractivity contribution in [1.29, 1.82) is 0 Å². The van der Waals surface area contributed by atoms with Crippen LogP contribution >= 0.6 is 22.7 Å². The average molecular weight is 413 g/mol. The molecule has 0 fully saturated rings. The van der Waals surface area contributed by atoms with E-state index >= 15 is 0 Å². The van der Waals surface area contributed by atoms with Crippen LogP contribution in [0.2, 0.25) is 0 Å². The molecule has 142 valence electrons. The average Bonchev–Trinajstić information content (AvgIpc) is 3.44. The maximum absolute atomic E-state index is 13.5. The second-order valence-corrected chi connectivity index (χ2v) is 8.09. The van der Waals surface area contributed by atoms with Crippen molar-refractivity contribution in [2.45, 2.75) is 13.0 Å². The van der Waals surface area contributed by atoms with Gasteiger partial charge in [-0.25, -0.2) is 14.4 Å². The number of carbonyl (C=O) groups excluding carboxylic acids is 1. The van der Waals surface area contributed by atoms with Gasteiger partial charge in [0.2, 0.25) is 0 Å². The van der Waals surface area contributed by atoms with E-state index in [0.717, 1.165) is 22.5 Å². The van der Waals surface area contributed by atoms with E-state index in [0.29, 0.717) is 17.2 Å². The van der Waals surface area contributed by atoms with Crippen molar-refractivity contribution in [2.75, 3.05) is 11.4 Å². The van der Waals surface area contributed by atoms with E-state index in [4.69, 9.17) is 0 Å². The minimum absolute atomic E-state index is 0.140. The number of aromatic nitrogens is 3. The van der Waals surface area contributed by atoms with Crippen molar-refractivity contribution >= 4 is 50.0 Å². The molecule has 8 heteroatoms. The number of carbonyl (C=O) groups is 1. The predicted octanol–water partition coefficient (Wildman–Crippen LogP) is 4.83. The van der Waals surface area contributed by atoms with Gasteiger partial charge in [0.15, 0.2) is 5.13 Å². The Morgan fingerprint density at radius 3 is 3.04 bits per heavy atom. The molecule has 0 spiro atoms. The number of rotatable bonds is 7. The first-order valence-electron chi connectivity index (χ1n) is 8.74. The normalized spacial score (nSPS) is 11.5. The van der Waals surface area contributed by atoms with Crippen LogP contribution in [0.3, 0.4) is 0 Å². The summed E-state index contributed by atoms with van der Waals surface area (Å²) < 4.78 is 16.2. The van der Waals surface area contributed by atoms with Crippen molar-refractivity contribution in [3.8, 4) is 0 Å². The maximum atomic E-state index is 13.5. The molecule has 1 aromatic carbocycles. The number of amides is 1. The first-order valence-corrected chi connectivity index (χ1v) is 10.4. The fraction of sp³-hybridized carbons (Fsp3) is 0.150. The van der Waals surface area contributed by atoms with Gasteiger partial charge in [0, 0.05) is 36.4 Å². The van der Waals surface area contributed by atoms with Crippen LogP contribution in [0.25, 0.3) is 16.3 Å². The Hall–Kier alpha value is -2.84. The van der Waals surface area contributed by atoms with Gasteiger partial charge in [0.1, 0.15) is 5.82 Å². The van der Waals surface area contributed by atoms with Crippen LogP contribution in [0.5, 0.6) is 0 Å². The van der Waals surface area contributed by atoms with E-state index in [1.165, 1.54) is 23.5 Å². The number of anilines is 1. The summed E-state index contributed by atoms with van der Waals surface area (Å²) in [4.78, 5) is 24.1. The third-order valence-electron chi connectivity index (χ3n) is 4.13. The second-order valence-electron chi connectivity index (χ2n) is 6.10. The second kappa shape index (κ2) is 8.45. The number of thiazole rings is 1. The molecule has 0 bridgehead atoms. The molecule has 3 aromatic heterocycles. The van der Waals surface area contributed by atoms with Gasteiger partial charge < -0.3 is 4.57 Å². The van der Waals surface area contributed by atoms with Gasteiger partial charge in [-0.2, -0.15) is 0 Å². The molecule has 28 heavy (non-hydrogen) atoms. The fourth-order valence-corrected chi connectivity index (χ4v) is 4.40. The number of hydrogen-bond donors (Lipinski definition) is 0. The maximum Gasteiger partial charge on any atom is 0.252 e. The number of fused-ring (bicyclic) bond motifs is 1. The van der Waals surface area contributed by atoms with Gasteiger partial charge in [0.25, 0.3) is 5.91 Å². The van der Waals surface area contributed by atoms with Gasteiger partial charge in [-0.1, -0.05) is 17.4 Å². The summed E-state index contributed by atoms with van der Waals surface area (Å²) >= 11 is 2.89. The highest BCUT2D eigenvalue weighted by molar-refractivity contribution is 7.22. The zero-order valence-corrected chi connectivity index (χ0v) is 16.5. The molecule has 0 N–H and O–H groups in total. The van der Waals surface area contributed by atoms with E-state index in [-0.39, 0.29) is 11.7 Å². The summed E-state index contributed by atoms with van der Waals surface area (Å²) in [6.07, 6.45) is 9.50. The topological polar surface area (TPSA) is 51.0 Å². The van der Waals surface area contributed by atoms with E-state index in [1.807, 2.05) is 34.4 Å². The Labute approximate surface area is 169 Å². The lowest BCUT2D eigenvalue weighted by Crippen LogP contribution is -2.30. The highest BCUT2D eigenvalue weighted by Crippen LogP contribution is 2.30. The van der Waals surface area contributed by atoms with Crippen molar-refractivity contribution in [1.82, 2.24) is 14.5 Å². The molecule has 0 saturated heterocycles. The lowest BCUT2D eigenvalue weighted by Gasteiger charge is -2.18. The first kappa shape index (κ1) is 18.5. The van der Waals surface area contributed by atoms with Crippen molar-refractivity contribution in [3.05, 3.63) is 71.2 Å². The highest BCUT2D eigenvalue weighted by Gasteiger charge is 2.18. The van der Waals surface area contributed by atoms with E-state index in [9.17, 15) is 9.18 Å². The SMILES string of the molecule is O=C(/C=C/c1cccs1)N(CCCn1ccnc1)c1nc2ccc(F)cc2s1. The summed E-state index contributed by atoms with van der Waals surface area (Å²) in [6.45, 7) is 1.26. The number of nitrogens with zero attached hydrogens (tertiary/aromatic N) is 4. The first-order chi connectivity index (χ1) is 13.7. The molecule has 0 aliphatic heterocycles. The predicted molar refractivity (Wildman–Crippen MR) is 112 cm³/mol. The monoisotopic (exact) mass is 412 g/mol. The number of hydrogen-bond acceptors (Lipinski definition) is 5. The summed E-state index contributed by atoms with van der Waals surface area (Å²) in [6, 6.07) is 8.37. The van der Waals surface area contributed by atoms with Gasteiger partial charge in [0.05, 0.1) is 16.5 Å². The summed E-state index contributed by atoms with van der Waals surface area (Å²) in [5.41, 5.74) is 0.691. The molecule has 4 aromatic rings. The highest BCUT2D eigenvalue weighted by atomic mass is 32.1. The summed E-state index contributed by atoms with van der Waals surface area (Å²) in [5.74, 6) is -0.447. The molecule has 5 nitrogen and oxygen atoms in total. The van der Waals surface area contributed by atoms with Gasteiger partial charge in [-0.05, 0) is 42.1 Å². The zero-order valence-electron chi connectivity index (χ0n) is 14.9. The Balaban J connectivity index is 1.56. The molecule has 0 radical (unpaired) electrons. The Morgan fingerprint density at radius 2 is 2.25 bits per heavy atom. The molecule has 1 amide bonds. The van der Waals surface area contributed by atoms with Crippen molar-refractivity contribution in [3.63, 3.8) is 0 Å². The number of aryl methyl sites for hydroxylation is 1. The van der Waals surface area contributed by atoms with Crippen LogP contribution in [0.1, 0.15) is 11.3 Å². The molecule has 0 saturated carbocycles. The van der Waals surface area contributed by atoms with Crippen LogP contribution in [-0.4, -0.2) is 27.0 Å². The van der Waals surface area contributed by atoms with Crippen LogP contribution in [0, 0.1) is 5.82 Å². The van der Waals surface area contributed by atoms with Gasteiger partial charge in [-0.15, -0.1) is 11.3 Å². The summed E-state index contributed by atoms with van der Waals surface area (Å²) in [5, 5.41) is 2.54. The smallest absolute Gasteiger partial charge is 0.252 e. The minimum atomic E-state index is -0.307. The van der Waals surface area contributed by atoms with Crippen LogP contribution in [0.15, 0.2) is 60.5 Å². The molecule has 4 rings (SSSR count).